The highest BCUT2D eigenvalue weighted by atomic mass is 16.4. The molecular weight excluding hydrogens is 590 g/mol. The molecule has 2 aromatic carbocycles. The maximum atomic E-state index is 13.2. The van der Waals surface area contributed by atoms with E-state index in [9.17, 15) is 38.7 Å². The van der Waals surface area contributed by atoms with Crippen molar-refractivity contribution >= 4 is 41.5 Å². The number of carbonyl (C=O) groups is 7. The molecule has 0 aromatic heterocycles. The minimum Gasteiger partial charge on any atom is -0.481 e. The van der Waals surface area contributed by atoms with Crippen LogP contribution < -0.4 is 27.0 Å². The van der Waals surface area contributed by atoms with Gasteiger partial charge in [0.05, 0.1) is 12.6 Å². The maximum absolute atomic E-state index is 13.2. The Labute approximate surface area is 258 Å². The third kappa shape index (κ3) is 13.7. The molecule has 0 radical (unpaired) electrons. The van der Waals surface area contributed by atoms with Gasteiger partial charge in [0, 0.05) is 25.7 Å². The average molecular weight is 628 g/mol. The Bertz CT molecular complexity index is 1340. The van der Waals surface area contributed by atoms with Crippen LogP contribution in [-0.2, 0) is 46.4 Å². The summed E-state index contributed by atoms with van der Waals surface area (Å²) in [6.45, 7) is -0.672. The predicted molar refractivity (Wildman–Crippen MR) is 158 cm³/mol. The first-order valence-corrected chi connectivity index (χ1v) is 14.0. The van der Waals surface area contributed by atoms with Crippen LogP contribution in [0.4, 0.5) is 0 Å². The molecule has 0 bridgehead atoms. The Balaban J connectivity index is 2.09. The fraction of sp³-hybridized carbons (Fsp3) is 0.367. The summed E-state index contributed by atoms with van der Waals surface area (Å²) < 4.78 is 0. The van der Waals surface area contributed by atoms with Crippen LogP contribution in [0.25, 0.3) is 0 Å². The van der Waals surface area contributed by atoms with Crippen molar-refractivity contribution in [1.29, 1.82) is 0 Å². The normalized spacial score (nSPS) is 13.3. The van der Waals surface area contributed by atoms with Gasteiger partial charge in [-0.1, -0.05) is 60.7 Å². The molecule has 0 unspecified atom stereocenters. The number of nitrogens with two attached hydrogens (primary N) is 1. The van der Waals surface area contributed by atoms with Crippen LogP contribution >= 0.6 is 0 Å². The van der Waals surface area contributed by atoms with Crippen molar-refractivity contribution < 1.29 is 48.9 Å². The van der Waals surface area contributed by atoms with E-state index in [1.165, 1.54) is 0 Å². The monoisotopic (exact) mass is 627 g/mol. The molecule has 0 aliphatic carbocycles. The van der Waals surface area contributed by atoms with Crippen molar-refractivity contribution in [3.05, 3.63) is 71.8 Å². The zero-order valence-corrected chi connectivity index (χ0v) is 24.3. The lowest BCUT2D eigenvalue weighted by atomic mass is 10.0. The Morgan fingerprint density at radius 1 is 0.600 bits per heavy atom. The van der Waals surface area contributed by atoms with E-state index in [4.69, 9.17) is 15.9 Å². The number of amides is 4. The molecule has 242 valence electrons. The molecule has 45 heavy (non-hydrogen) atoms. The molecule has 15 heteroatoms. The summed E-state index contributed by atoms with van der Waals surface area (Å²) in [6.07, 6.45) is -1.50. The first-order chi connectivity index (χ1) is 21.3. The van der Waals surface area contributed by atoms with E-state index in [-0.39, 0.29) is 25.7 Å². The zero-order chi connectivity index (χ0) is 33.4. The number of nitrogens with one attached hydrogen (secondary N) is 4. The second-order valence-electron chi connectivity index (χ2n) is 10.1. The van der Waals surface area contributed by atoms with Crippen LogP contribution in [0, 0.1) is 0 Å². The molecule has 0 fully saturated rings. The molecule has 0 aliphatic heterocycles. The number of rotatable bonds is 19. The average Bonchev–Trinajstić information content (AvgIpc) is 3.00. The molecule has 2 rings (SSSR count). The summed E-state index contributed by atoms with van der Waals surface area (Å²) in [5.41, 5.74) is 7.00. The van der Waals surface area contributed by atoms with E-state index >= 15 is 0 Å². The van der Waals surface area contributed by atoms with Crippen LogP contribution in [-0.4, -0.2) is 87.6 Å². The lowest BCUT2D eigenvalue weighted by Crippen LogP contribution is -2.56. The van der Waals surface area contributed by atoms with Crippen molar-refractivity contribution in [2.45, 2.75) is 62.7 Å². The first-order valence-electron chi connectivity index (χ1n) is 14.0. The van der Waals surface area contributed by atoms with Gasteiger partial charge in [0.25, 0.3) is 0 Å². The molecule has 0 heterocycles. The summed E-state index contributed by atoms with van der Waals surface area (Å²) in [5.74, 6) is -7.10. The van der Waals surface area contributed by atoms with Gasteiger partial charge in [0.15, 0.2) is 0 Å². The molecular formula is C30H37N5O10. The van der Waals surface area contributed by atoms with Crippen molar-refractivity contribution in [3.8, 4) is 0 Å². The zero-order valence-electron chi connectivity index (χ0n) is 24.3. The second kappa shape index (κ2) is 18.4. The van der Waals surface area contributed by atoms with Gasteiger partial charge in [-0.05, 0) is 24.0 Å². The number of benzene rings is 2. The number of aliphatic carboxylic acids is 3. The number of carbonyl (C=O) groups excluding carboxylic acids is 4. The summed E-state index contributed by atoms with van der Waals surface area (Å²) in [4.78, 5) is 85.0. The van der Waals surface area contributed by atoms with E-state index in [0.717, 1.165) is 0 Å². The van der Waals surface area contributed by atoms with Gasteiger partial charge in [0.2, 0.25) is 23.6 Å². The molecule has 4 amide bonds. The van der Waals surface area contributed by atoms with E-state index < -0.39 is 85.1 Å². The van der Waals surface area contributed by atoms with Gasteiger partial charge >= 0.3 is 17.9 Å². The van der Waals surface area contributed by atoms with Crippen LogP contribution in [0.3, 0.4) is 0 Å². The van der Waals surface area contributed by atoms with E-state index in [1.54, 1.807) is 60.7 Å². The van der Waals surface area contributed by atoms with Crippen LogP contribution in [0.2, 0.25) is 0 Å². The molecule has 0 saturated carbocycles. The Morgan fingerprint density at radius 2 is 1.09 bits per heavy atom. The Hall–Kier alpha value is -5.31. The Morgan fingerprint density at radius 3 is 1.60 bits per heavy atom. The fourth-order valence-electron chi connectivity index (χ4n) is 4.14. The van der Waals surface area contributed by atoms with E-state index in [0.29, 0.717) is 11.1 Å². The maximum Gasteiger partial charge on any atom is 0.326 e. The molecule has 0 saturated heterocycles. The van der Waals surface area contributed by atoms with Crippen molar-refractivity contribution in [2.24, 2.45) is 5.73 Å². The lowest BCUT2D eigenvalue weighted by Gasteiger charge is -2.23. The topological polar surface area (TPSA) is 254 Å². The third-order valence-electron chi connectivity index (χ3n) is 6.54. The minimum atomic E-state index is -1.41. The predicted octanol–water partition coefficient (Wildman–Crippen LogP) is -0.816. The quantitative estimate of drug-likeness (QED) is 0.0955. The van der Waals surface area contributed by atoms with E-state index in [2.05, 4.69) is 21.3 Å². The number of carboxylic acids is 3. The largest absolute Gasteiger partial charge is 0.481 e. The van der Waals surface area contributed by atoms with Crippen LogP contribution in [0.5, 0.6) is 0 Å². The lowest BCUT2D eigenvalue weighted by molar-refractivity contribution is -0.142. The van der Waals surface area contributed by atoms with E-state index in [1.807, 2.05) is 0 Å². The summed E-state index contributed by atoms with van der Waals surface area (Å²) in [7, 11) is 0. The van der Waals surface area contributed by atoms with Gasteiger partial charge in [-0.2, -0.15) is 0 Å². The molecule has 15 nitrogen and oxygen atoms in total. The molecule has 0 aliphatic rings. The van der Waals surface area contributed by atoms with Gasteiger partial charge in [0.1, 0.15) is 18.1 Å². The third-order valence-corrected chi connectivity index (χ3v) is 6.54. The van der Waals surface area contributed by atoms with Crippen LogP contribution in [0.15, 0.2) is 60.7 Å². The van der Waals surface area contributed by atoms with Crippen molar-refractivity contribution in [1.82, 2.24) is 21.3 Å². The smallest absolute Gasteiger partial charge is 0.326 e. The fourth-order valence-corrected chi connectivity index (χ4v) is 4.14. The van der Waals surface area contributed by atoms with Crippen LogP contribution in [0.1, 0.15) is 36.8 Å². The van der Waals surface area contributed by atoms with Gasteiger partial charge in [-0.3, -0.25) is 28.8 Å². The molecule has 0 spiro atoms. The number of hydrogen-bond donors (Lipinski definition) is 8. The van der Waals surface area contributed by atoms with Crippen molar-refractivity contribution in [3.63, 3.8) is 0 Å². The number of carboxylic acid groups (broad SMARTS) is 3. The second-order valence-corrected chi connectivity index (χ2v) is 10.1. The summed E-state index contributed by atoms with van der Waals surface area (Å²) in [5, 5.41) is 37.0. The molecule has 4 atom stereocenters. The number of hydrogen-bond acceptors (Lipinski definition) is 8. The highest BCUT2D eigenvalue weighted by molar-refractivity contribution is 5.94. The highest BCUT2D eigenvalue weighted by Crippen LogP contribution is 2.07. The summed E-state index contributed by atoms with van der Waals surface area (Å²) >= 11 is 0. The first kappa shape index (κ1) is 35.9. The summed E-state index contributed by atoms with van der Waals surface area (Å²) in [6, 6.07) is 12.1. The van der Waals surface area contributed by atoms with Gasteiger partial charge in [-0.25, -0.2) is 4.79 Å². The minimum absolute atomic E-state index is 0.00440. The van der Waals surface area contributed by atoms with Crippen molar-refractivity contribution in [2.75, 3.05) is 6.54 Å². The Kier molecular flexibility index (Phi) is 14.7. The van der Waals surface area contributed by atoms with Gasteiger partial charge < -0.3 is 42.3 Å². The van der Waals surface area contributed by atoms with Gasteiger partial charge in [-0.15, -0.1) is 0 Å². The highest BCUT2D eigenvalue weighted by Gasteiger charge is 2.28. The molecule has 9 N–H and O–H groups in total. The standard InChI is InChI=1S/C30H37N5O10/c31-20(11-13-25(37)38)27(41)34-21(12-14-26(39)40)28(42)32-17-24(36)33-22(15-18-7-3-1-4-8-18)29(43)35-23(30(44)45)16-19-9-5-2-6-10-19/h1-10,20-23H,11-17,31H2,(H,32,42)(H,33,36)(H,34,41)(H,35,43)(H,37,38)(H,39,40)(H,44,45)/t20-,21-,22-,23-/m0/s1. The SMILES string of the molecule is N[C@@H](CCC(=O)O)C(=O)N[C@@H](CCC(=O)O)C(=O)NCC(=O)N[C@@H](Cc1ccccc1)C(=O)N[C@@H](Cc1ccccc1)C(=O)O. The molecule has 2 aromatic rings.